The van der Waals surface area contributed by atoms with Gasteiger partial charge in [0.05, 0.1) is 18.4 Å². The molecule has 0 bridgehead atoms. The van der Waals surface area contributed by atoms with E-state index < -0.39 is 0 Å². The maximum atomic E-state index is 11.6. The van der Waals surface area contributed by atoms with Crippen molar-refractivity contribution in [3.05, 3.63) is 40.5 Å². The van der Waals surface area contributed by atoms with Gasteiger partial charge in [-0.25, -0.2) is 4.79 Å². The molecule has 0 N–H and O–H groups in total. The molecule has 0 unspecified atom stereocenters. The maximum Gasteiger partial charge on any atom is 0.339 e. The summed E-state index contributed by atoms with van der Waals surface area (Å²) in [5.74, 6) is -0.342. The van der Waals surface area contributed by atoms with Crippen LogP contribution in [0.1, 0.15) is 21.6 Å². The fourth-order valence-corrected chi connectivity index (χ4v) is 2.45. The second kappa shape index (κ2) is 4.67. The van der Waals surface area contributed by atoms with Gasteiger partial charge in [0, 0.05) is 16.6 Å². The van der Waals surface area contributed by atoms with Crippen molar-refractivity contribution in [1.29, 1.82) is 0 Å². The number of carbonyl (C=O) groups excluding carboxylic acids is 1. The molecule has 0 fully saturated rings. The standard InChI is InChI=1S/C13H13NO2S/c1-8-4-12(17-7-8)10-5-11(13(15)16-3)9(2)14-6-10/h4-7H,1-3H3. The molecular formula is C13H13NO2S. The Bertz CT molecular complexity index is 560. The predicted octanol–water partition coefficient (Wildman–Crippen LogP) is 3.21. The Hall–Kier alpha value is -1.68. The van der Waals surface area contributed by atoms with Gasteiger partial charge in [0.15, 0.2) is 0 Å². The third-order valence-corrected chi connectivity index (χ3v) is 3.60. The fraction of sp³-hybridized carbons (Fsp3) is 0.231. The third kappa shape index (κ3) is 2.36. The number of aryl methyl sites for hydroxylation is 2. The van der Waals surface area contributed by atoms with Crippen molar-refractivity contribution in [3.63, 3.8) is 0 Å². The summed E-state index contributed by atoms with van der Waals surface area (Å²) in [5.41, 5.74) is 3.38. The quantitative estimate of drug-likeness (QED) is 0.765. The van der Waals surface area contributed by atoms with Crippen LogP contribution in [0.2, 0.25) is 0 Å². The van der Waals surface area contributed by atoms with Crippen LogP contribution in [0.15, 0.2) is 23.7 Å². The predicted molar refractivity (Wildman–Crippen MR) is 68.4 cm³/mol. The van der Waals surface area contributed by atoms with E-state index in [1.54, 1.807) is 24.5 Å². The Morgan fingerprint density at radius 2 is 2.12 bits per heavy atom. The molecule has 0 radical (unpaired) electrons. The number of rotatable bonds is 2. The van der Waals surface area contributed by atoms with Crippen LogP contribution in [0.3, 0.4) is 0 Å². The topological polar surface area (TPSA) is 39.2 Å². The molecule has 0 spiro atoms. The summed E-state index contributed by atoms with van der Waals surface area (Å²) in [6.45, 7) is 3.85. The fourth-order valence-electron chi connectivity index (χ4n) is 1.57. The zero-order chi connectivity index (χ0) is 12.4. The minimum absolute atomic E-state index is 0.342. The lowest BCUT2D eigenvalue weighted by Gasteiger charge is -2.05. The zero-order valence-corrected chi connectivity index (χ0v) is 10.8. The van der Waals surface area contributed by atoms with Crippen molar-refractivity contribution in [2.75, 3.05) is 7.11 Å². The monoisotopic (exact) mass is 247 g/mol. The summed E-state index contributed by atoms with van der Waals surface area (Å²) in [7, 11) is 1.38. The zero-order valence-electron chi connectivity index (χ0n) is 9.98. The number of esters is 1. The van der Waals surface area contributed by atoms with Crippen molar-refractivity contribution < 1.29 is 9.53 Å². The largest absolute Gasteiger partial charge is 0.465 e. The summed E-state index contributed by atoms with van der Waals surface area (Å²) >= 11 is 1.64. The van der Waals surface area contributed by atoms with Gasteiger partial charge < -0.3 is 4.74 Å². The molecule has 2 heterocycles. The SMILES string of the molecule is COC(=O)c1cc(-c2cc(C)cs2)cnc1C. The number of hydrogen-bond donors (Lipinski definition) is 0. The minimum atomic E-state index is -0.342. The smallest absolute Gasteiger partial charge is 0.339 e. The molecule has 2 aromatic heterocycles. The minimum Gasteiger partial charge on any atom is -0.465 e. The molecule has 88 valence electrons. The Morgan fingerprint density at radius 3 is 2.71 bits per heavy atom. The van der Waals surface area contributed by atoms with Gasteiger partial charge in [-0.15, -0.1) is 11.3 Å². The number of thiophene rings is 1. The maximum absolute atomic E-state index is 11.6. The van der Waals surface area contributed by atoms with Crippen molar-refractivity contribution in [1.82, 2.24) is 4.98 Å². The summed E-state index contributed by atoms with van der Waals surface area (Å²) < 4.78 is 4.74. The summed E-state index contributed by atoms with van der Waals surface area (Å²) in [5, 5.41) is 2.08. The molecule has 0 aromatic carbocycles. The van der Waals surface area contributed by atoms with Crippen LogP contribution in [0.5, 0.6) is 0 Å². The van der Waals surface area contributed by atoms with Gasteiger partial charge in [-0.3, -0.25) is 4.98 Å². The van der Waals surface area contributed by atoms with Crippen LogP contribution < -0.4 is 0 Å². The highest BCUT2D eigenvalue weighted by atomic mass is 32.1. The first-order chi connectivity index (χ1) is 8.11. The second-order valence-electron chi connectivity index (χ2n) is 3.84. The average molecular weight is 247 g/mol. The number of methoxy groups -OCH3 is 1. The summed E-state index contributed by atoms with van der Waals surface area (Å²) in [4.78, 5) is 16.9. The molecule has 0 aliphatic carbocycles. The van der Waals surface area contributed by atoms with Gasteiger partial charge in [0.1, 0.15) is 0 Å². The van der Waals surface area contributed by atoms with Gasteiger partial charge in [-0.05, 0) is 36.9 Å². The lowest BCUT2D eigenvalue weighted by Crippen LogP contribution is -2.05. The van der Waals surface area contributed by atoms with Crippen LogP contribution in [-0.4, -0.2) is 18.1 Å². The van der Waals surface area contributed by atoms with E-state index in [4.69, 9.17) is 4.74 Å². The van der Waals surface area contributed by atoms with Crippen molar-refractivity contribution in [2.45, 2.75) is 13.8 Å². The number of hydrogen-bond acceptors (Lipinski definition) is 4. The first kappa shape index (κ1) is 11.8. The Labute approximate surface area is 104 Å². The van der Waals surface area contributed by atoms with Crippen molar-refractivity contribution >= 4 is 17.3 Å². The van der Waals surface area contributed by atoms with Crippen LogP contribution in [0, 0.1) is 13.8 Å². The van der Waals surface area contributed by atoms with E-state index in [9.17, 15) is 4.79 Å². The van der Waals surface area contributed by atoms with Crippen molar-refractivity contribution in [3.8, 4) is 10.4 Å². The first-order valence-corrected chi connectivity index (χ1v) is 6.10. The van der Waals surface area contributed by atoms with Gasteiger partial charge in [-0.2, -0.15) is 0 Å². The molecule has 0 aliphatic heterocycles. The van der Waals surface area contributed by atoms with E-state index in [0.717, 1.165) is 10.4 Å². The third-order valence-electron chi connectivity index (χ3n) is 2.51. The Kier molecular flexibility index (Phi) is 3.24. The molecule has 17 heavy (non-hydrogen) atoms. The first-order valence-electron chi connectivity index (χ1n) is 5.22. The lowest BCUT2D eigenvalue weighted by atomic mass is 10.1. The number of carbonyl (C=O) groups is 1. The Balaban J connectivity index is 2.47. The average Bonchev–Trinajstić information content (AvgIpc) is 2.75. The number of ether oxygens (including phenoxy) is 1. The second-order valence-corrected chi connectivity index (χ2v) is 4.75. The van der Waals surface area contributed by atoms with Crippen LogP contribution in [0.4, 0.5) is 0 Å². The van der Waals surface area contributed by atoms with Crippen LogP contribution in [-0.2, 0) is 4.74 Å². The number of pyridine rings is 1. The van der Waals surface area contributed by atoms with Crippen LogP contribution in [0.25, 0.3) is 10.4 Å². The van der Waals surface area contributed by atoms with E-state index >= 15 is 0 Å². The van der Waals surface area contributed by atoms with Gasteiger partial charge in [0.25, 0.3) is 0 Å². The van der Waals surface area contributed by atoms with Crippen LogP contribution >= 0.6 is 11.3 Å². The molecule has 2 rings (SSSR count). The normalized spacial score (nSPS) is 10.3. The molecule has 0 saturated carbocycles. The van der Waals surface area contributed by atoms with Gasteiger partial charge in [-0.1, -0.05) is 0 Å². The Morgan fingerprint density at radius 1 is 1.35 bits per heavy atom. The molecule has 0 saturated heterocycles. The van der Waals surface area contributed by atoms with E-state index in [2.05, 4.69) is 16.4 Å². The molecule has 0 aliphatic rings. The molecule has 0 atom stereocenters. The highest BCUT2D eigenvalue weighted by Gasteiger charge is 2.12. The number of aromatic nitrogens is 1. The summed E-state index contributed by atoms with van der Waals surface area (Å²) in [6.07, 6.45) is 1.78. The molecule has 3 nitrogen and oxygen atoms in total. The van der Waals surface area contributed by atoms with Crippen molar-refractivity contribution in [2.24, 2.45) is 0 Å². The van der Waals surface area contributed by atoms with Gasteiger partial charge >= 0.3 is 5.97 Å². The number of nitrogens with zero attached hydrogens (tertiary/aromatic N) is 1. The van der Waals surface area contributed by atoms with E-state index in [1.165, 1.54) is 12.7 Å². The highest BCUT2D eigenvalue weighted by Crippen LogP contribution is 2.27. The summed E-state index contributed by atoms with van der Waals surface area (Å²) in [6, 6.07) is 3.91. The molecule has 4 heteroatoms. The van der Waals surface area contributed by atoms with Gasteiger partial charge in [0.2, 0.25) is 0 Å². The molecular weight excluding hydrogens is 234 g/mol. The molecule has 0 amide bonds. The molecule has 2 aromatic rings. The van der Waals surface area contributed by atoms with E-state index in [-0.39, 0.29) is 5.97 Å². The van der Waals surface area contributed by atoms with E-state index in [1.807, 2.05) is 13.0 Å². The lowest BCUT2D eigenvalue weighted by molar-refractivity contribution is 0.0599. The van der Waals surface area contributed by atoms with E-state index in [0.29, 0.717) is 11.3 Å². The highest BCUT2D eigenvalue weighted by molar-refractivity contribution is 7.13.